The molecule has 1 aromatic carbocycles. The molecule has 2 N–H and O–H groups in total. The smallest absolute Gasteiger partial charge is 0.334 e. The van der Waals surface area contributed by atoms with Crippen LogP contribution in [0, 0.1) is 6.92 Å². The second kappa shape index (κ2) is 6.01. The fourth-order valence-electron chi connectivity index (χ4n) is 2.11. The largest absolute Gasteiger partial charge is 0.479 e. The second-order valence-corrected chi connectivity index (χ2v) is 5.33. The average molecular weight is 305 g/mol. The number of amides is 1. The summed E-state index contributed by atoms with van der Waals surface area (Å²) in [5.41, 5.74) is -0.446. The number of carboxylic acid groups (broad SMARTS) is 1. The molecule has 0 aliphatic heterocycles. The molecule has 1 atom stereocenters. The van der Waals surface area contributed by atoms with E-state index in [1.807, 2.05) is 0 Å². The highest BCUT2D eigenvalue weighted by molar-refractivity contribution is 7.08. The van der Waals surface area contributed by atoms with Gasteiger partial charge in [0.25, 0.3) is 5.91 Å². The van der Waals surface area contributed by atoms with E-state index in [2.05, 4.69) is 14.9 Å². The van der Waals surface area contributed by atoms with Crippen molar-refractivity contribution in [2.24, 2.45) is 0 Å². The van der Waals surface area contributed by atoms with Crippen LogP contribution in [0.4, 0.5) is 0 Å². The lowest BCUT2D eigenvalue weighted by atomic mass is 9.87. The van der Waals surface area contributed by atoms with Gasteiger partial charge in [-0.1, -0.05) is 41.7 Å². The summed E-state index contributed by atoms with van der Waals surface area (Å²) in [6.45, 7) is 3.38. The summed E-state index contributed by atoms with van der Waals surface area (Å²) in [5.74, 6) is -1.57. The highest BCUT2D eigenvalue weighted by Gasteiger charge is 2.40. The summed E-state index contributed by atoms with van der Waals surface area (Å²) in [6.07, 6.45) is 0.226. The Morgan fingerprint density at radius 1 is 1.33 bits per heavy atom. The van der Waals surface area contributed by atoms with Crippen LogP contribution in [0.5, 0.6) is 0 Å². The van der Waals surface area contributed by atoms with E-state index in [4.69, 9.17) is 0 Å². The van der Waals surface area contributed by atoms with Gasteiger partial charge in [-0.15, -0.1) is 5.10 Å². The van der Waals surface area contributed by atoms with Gasteiger partial charge < -0.3 is 10.4 Å². The third-order valence-electron chi connectivity index (χ3n) is 3.35. The molecule has 0 spiro atoms. The van der Waals surface area contributed by atoms with Gasteiger partial charge in [-0.2, -0.15) is 0 Å². The minimum absolute atomic E-state index is 0.226. The van der Waals surface area contributed by atoms with E-state index in [1.165, 1.54) is 0 Å². The molecule has 0 saturated carbocycles. The van der Waals surface area contributed by atoms with Crippen molar-refractivity contribution in [3.8, 4) is 0 Å². The molecule has 0 radical (unpaired) electrons. The first-order chi connectivity index (χ1) is 10.0. The molecule has 0 fully saturated rings. The molecule has 2 rings (SSSR count). The molecule has 6 nitrogen and oxygen atoms in total. The predicted molar refractivity (Wildman–Crippen MR) is 78.2 cm³/mol. The van der Waals surface area contributed by atoms with Crippen LogP contribution >= 0.6 is 11.5 Å². The van der Waals surface area contributed by atoms with Crippen molar-refractivity contribution in [1.29, 1.82) is 0 Å². The van der Waals surface area contributed by atoms with E-state index in [0.717, 1.165) is 11.5 Å². The third-order valence-corrected chi connectivity index (χ3v) is 4.17. The predicted octanol–water partition coefficient (Wildman–Crippen LogP) is 1.97. The number of carbonyl (C=O) groups excluding carboxylic acids is 1. The molecule has 0 saturated heterocycles. The summed E-state index contributed by atoms with van der Waals surface area (Å²) < 4.78 is 3.70. The molecule has 2 aromatic rings. The highest BCUT2D eigenvalue weighted by Crippen LogP contribution is 2.26. The Bertz CT molecular complexity index is 656. The average Bonchev–Trinajstić information content (AvgIpc) is 2.91. The minimum Gasteiger partial charge on any atom is -0.479 e. The van der Waals surface area contributed by atoms with Crippen molar-refractivity contribution in [2.75, 3.05) is 0 Å². The number of nitrogens with zero attached hydrogens (tertiary/aromatic N) is 2. The van der Waals surface area contributed by atoms with Crippen molar-refractivity contribution in [2.45, 2.75) is 25.8 Å². The summed E-state index contributed by atoms with van der Waals surface area (Å²) >= 11 is 0.950. The number of aryl methyl sites for hydroxylation is 1. The van der Waals surface area contributed by atoms with Gasteiger partial charge in [-0.3, -0.25) is 4.79 Å². The van der Waals surface area contributed by atoms with E-state index >= 15 is 0 Å². The molecule has 1 heterocycles. The van der Waals surface area contributed by atoms with Crippen LogP contribution in [-0.4, -0.2) is 26.6 Å². The quantitative estimate of drug-likeness (QED) is 0.881. The number of hydrogen-bond acceptors (Lipinski definition) is 5. The molecular formula is C14H15N3O3S. The Balaban J connectivity index is 2.41. The first-order valence-electron chi connectivity index (χ1n) is 6.41. The van der Waals surface area contributed by atoms with Crippen LogP contribution in [0.25, 0.3) is 0 Å². The Labute approximate surface area is 126 Å². The van der Waals surface area contributed by atoms with Gasteiger partial charge in [-0.25, -0.2) is 4.79 Å². The van der Waals surface area contributed by atoms with E-state index < -0.39 is 17.4 Å². The number of aliphatic carboxylic acids is 1. The summed E-state index contributed by atoms with van der Waals surface area (Å²) in [7, 11) is 0. The number of hydrogen-bond donors (Lipinski definition) is 2. The van der Waals surface area contributed by atoms with Crippen molar-refractivity contribution < 1.29 is 14.7 Å². The lowest BCUT2D eigenvalue weighted by molar-refractivity contribution is -0.145. The normalized spacial score (nSPS) is 13.4. The fraction of sp³-hybridized carbons (Fsp3) is 0.286. The fourth-order valence-corrected chi connectivity index (χ4v) is 2.66. The van der Waals surface area contributed by atoms with Gasteiger partial charge in [0.2, 0.25) is 0 Å². The maximum atomic E-state index is 12.3. The van der Waals surface area contributed by atoms with Gasteiger partial charge in [0.1, 0.15) is 4.88 Å². The molecule has 0 aliphatic carbocycles. The maximum absolute atomic E-state index is 12.3. The van der Waals surface area contributed by atoms with Crippen LogP contribution in [-0.2, 0) is 10.3 Å². The third kappa shape index (κ3) is 2.78. The molecule has 7 heteroatoms. The van der Waals surface area contributed by atoms with Crippen LogP contribution in [0.3, 0.4) is 0 Å². The van der Waals surface area contributed by atoms with Gasteiger partial charge in [0.05, 0.1) is 5.69 Å². The number of carboxylic acids is 1. The Hall–Kier alpha value is -2.28. The van der Waals surface area contributed by atoms with Crippen LogP contribution in [0.1, 0.15) is 34.3 Å². The second-order valence-electron chi connectivity index (χ2n) is 4.57. The van der Waals surface area contributed by atoms with Crippen molar-refractivity contribution in [3.05, 3.63) is 46.5 Å². The van der Waals surface area contributed by atoms with Crippen molar-refractivity contribution in [3.63, 3.8) is 0 Å². The maximum Gasteiger partial charge on any atom is 0.334 e. The Kier molecular flexibility index (Phi) is 4.32. The molecule has 0 aliphatic rings. The molecule has 0 unspecified atom stereocenters. The van der Waals surface area contributed by atoms with Crippen molar-refractivity contribution >= 4 is 23.4 Å². The number of nitrogens with one attached hydrogen (secondary N) is 1. The molecule has 1 amide bonds. The Morgan fingerprint density at radius 3 is 2.48 bits per heavy atom. The molecule has 110 valence electrons. The van der Waals surface area contributed by atoms with Gasteiger partial charge in [-0.05, 0) is 30.4 Å². The summed E-state index contributed by atoms with van der Waals surface area (Å²) in [6, 6.07) is 8.67. The SMILES string of the molecule is CC[C@](NC(=O)c1snnc1C)(C(=O)O)c1ccccc1. The number of rotatable bonds is 5. The molecular weight excluding hydrogens is 290 g/mol. The minimum atomic E-state index is -1.46. The van der Waals surface area contributed by atoms with Crippen LogP contribution < -0.4 is 5.32 Å². The zero-order chi connectivity index (χ0) is 15.5. The standard InChI is InChI=1S/C14H15N3O3S/c1-3-14(13(19)20,10-7-5-4-6-8-10)15-12(18)11-9(2)16-17-21-11/h4-8H,3H2,1-2H3,(H,15,18)(H,19,20)/t14-/m1/s1. The van der Waals surface area contributed by atoms with E-state index in [0.29, 0.717) is 16.1 Å². The monoisotopic (exact) mass is 305 g/mol. The van der Waals surface area contributed by atoms with Crippen LogP contribution in [0.15, 0.2) is 30.3 Å². The summed E-state index contributed by atoms with van der Waals surface area (Å²) in [4.78, 5) is 24.5. The lowest BCUT2D eigenvalue weighted by Crippen LogP contribution is -2.51. The van der Waals surface area contributed by atoms with Crippen LogP contribution in [0.2, 0.25) is 0 Å². The Morgan fingerprint density at radius 2 is 2.00 bits per heavy atom. The van der Waals surface area contributed by atoms with Gasteiger partial charge >= 0.3 is 5.97 Å². The highest BCUT2D eigenvalue weighted by atomic mass is 32.1. The topological polar surface area (TPSA) is 92.2 Å². The molecule has 0 bridgehead atoms. The summed E-state index contributed by atoms with van der Waals surface area (Å²) in [5, 5.41) is 16.1. The van der Waals surface area contributed by atoms with Gasteiger partial charge in [0, 0.05) is 0 Å². The zero-order valence-corrected chi connectivity index (χ0v) is 12.5. The van der Waals surface area contributed by atoms with Gasteiger partial charge in [0.15, 0.2) is 5.54 Å². The first-order valence-corrected chi connectivity index (χ1v) is 7.19. The van der Waals surface area contributed by atoms with E-state index in [1.54, 1.807) is 44.2 Å². The lowest BCUT2D eigenvalue weighted by Gasteiger charge is -2.29. The zero-order valence-electron chi connectivity index (χ0n) is 11.7. The molecule has 1 aromatic heterocycles. The number of carbonyl (C=O) groups is 2. The number of benzene rings is 1. The van der Waals surface area contributed by atoms with E-state index in [9.17, 15) is 14.7 Å². The van der Waals surface area contributed by atoms with Crippen molar-refractivity contribution in [1.82, 2.24) is 14.9 Å². The number of aromatic nitrogens is 2. The molecule has 21 heavy (non-hydrogen) atoms. The van der Waals surface area contributed by atoms with E-state index in [-0.39, 0.29) is 6.42 Å². The first kappa shape index (κ1) is 15.1.